The number of allylic oxidation sites excluding steroid dienone is 2. The van der Waals surface area contributed by atoms with Crippen LogP contribution in [0.2, 0.25) is 0 Å². The maximum Gasteiger partial charge on any atom is 0.120 e. The molecule has 0 radical (unpaired) electrons. The van der Waals surface area contributed by atoms with Crippen LogP contribution in [-0.4, -0.2) is 6.29 Å². The summed E-state index contributed by atoms with van der Waals surface area (Å²) in [4.78, 5) is 10.0. The fourth-order valence-corrected chi connectivity index (χ4v) is 1.60. The van der Waals surface area contributed by atoms with Gasteiger partial charge in [-0.25, -0.2) is 0 Å². The van der Waals surface area contributed by atoms with Crippen molar-refractivity contribution in [2.75, 3.05) is 0 Å². The van der Waals surface area contributed by atoms with E-state index in [9.17, 15) is 4.79 Å². The number of aldehydes is 1. The first-order chi connectivity index (χ1) is 7.41. The van der Waals surface area contributed by atoms with Crippen molar-refractivity contribution >= 4 is 6.29 Å². The van der Waals surface area contributed by atoms with Crippen LogP contribution in [0.4, 0.5) is 0 Å². The maximum atomic E-state index is 10.0. The maximum absolute atomic E-state index is 10.0. The quantitative estimate of drug-likeness (QED) is 0.275. The third kappa shape index (κ3) is 13.4. The van der Waals surface area contributed by atoms with Gasteiger partial charge in [-0.3, -0.25) is 0 Å². The fraction of sp³-hybridized carbons (Fsp3) is 0.786. The van der Waals surface area contributed by atoms with Gasteiger partial charge in [-0.15, -0.1) is 0 Å². The number of rotatable bonds is 11. The van der Waals surface area contributed by atoms with Gasteiger partial charge >= 0.3 is 0 Å². The summed E-state index contributed by atoms with van der Waals surface area (Å²) in [7, 11) is 0. The summed E-state index contributed by atoms with van der Waals surface area (Å²) in [5, 5.41) is 0. The Morgan fingerprint density at radius 1 is 0.733 bits per heavy atom. The molecule has 0 aromatic heterocycles. The third-order valence-electron chi connectivity index (χ3n) is 2.58. The Labute approximate surface area is 95.0 Å². The summed E-state index contributed by atoms with van der Waals surface area (Å²) in [5.74, 6) is 0. The molecule has 0 aliphatic rings. The highest BCUT2D eigenvalue weighted by Crippen LogP contribution is 2.07. The highest BCUT2D eigenvalue weighted by Gasteiger charge is 1.88. The van der Waals surface area contributed by atoms with Crippen molar-refractivity contribution in [1.29, 1.82) is 0 Å². The number of hydrogen-bond acceptors (Lipinski definition) is 1. The van der Waals surface area contributed by atoms with E-state index in [1.54, 1.807) is 0 Å². The molecule has 0 bridgehead atoms. The van der Waals surface area contributed by atoms with Gasteiger partial charge in [-0.05, 0) is 25.7 Å². The SMILES string of the molecule is CCCCCCCCC=CCCCC=O. The number of carbonyl (C=O) groups excluding carboxylic acids is 1. The van der Waals surface area contributed by atoms with Crippen LogP contribution in [0.25, 0.3) is 0 Å². The Balaban J connectivity index is 2.99. The molecule has 1 heteroatoms. The highest BCUT2D eigenvalue weighted by atomic mass is 16.1. The van der Waals surface area contributed by atoms with Gasteiger partial charge in [0.2, 0.25) is 0 Å². The molecule has 0 rings (SSSR count). The molecule has 0 saturated carbocycles. The third-order valence-corrected chi connectivity index (χ3v) is 2.58. The van der Waals surface area contributed by atoms with Gasteiger partial charge < -0.3 is 4.79 Å². The molecule has 0 aromatic rings. The summed E-state index contributed by atoms with van der Waals surface area (Å²) in [6.07, 6.45) is 17.7. The van der Waals surface area contributed by atoms with Gasteiger partial charge in [0.05, 0.1) is 0 Å². The number of hydrogen-bond donors (Lipinski definition) is 0. The van der Waals surface area contributed by atoms with E-state index in [2.05, 4.69) is 19.1 Å². The first kappa shape index (κ1) is 14.4. The smallest absolute Gasteiger partial charge is 0.120 e. The lowest BCUT2D eigenvalue weighted by Gasteiger charge is -1.97. The second-order valence-electron chi connectivity index (χ2n) is 4.13. The molecule has 15 heavy (non-hydrogen) atoms. The Hall–Kier alpha value is -0.590. The molecule has 0 N–H and O–H groups in total. The average Bonchev–Trinajstić information content (AvgIpc) is 2.26. The van der Waals surface area contributed by atoms with Crippen LogP contribution in [0.1, 0.15) is 71.1 Å². The largest absolute Gasteiger partial charge is 0.303 e. The van der Waals surface area contributed by atoms with Crippen molar-refractivity contribution in [1.82, 2.24) is 0 Å². The topological polar surface area (TPSA) is 17.1 Å². The second kappa shape index (κ2) is 13.4. The Kier molecular flexibility index (Phi) is 12.9. The summed E-state index contributed by atoms with van der Waals surface area (Å²) in [6, 6.07) is 0. The van der Waals surface area contributed by atoms with E-state index in [0.29, 0.717) is 6.42 Å². The number of unbranched alkanes of at least 4 members (excludes halogenated alkanes) is 8. The Morgan fingerprint density at radius 3 is 2.00 bits per heavy atom. The lowest BCUT2D eigenvalue weighted by Crippen LogP contribution is -1.78. The first-order valence-corrected chi connectivity index (χ1v) is 6.50. The Bertz CT molecular complexity index is 149. The first-order valence-electron chi connectivity index (χ1n) is 6.50. The van der Waals surface area contributed by atoms with Crippen LogP contribution in [-0.2, 0) is 4.79 Å². The minimum atomic E-state index is 0.710. The molecule has 88 valence electrons. The molecule has 0 heterocycles. The fourth-order valence-electron chi connectivity index (χ4n) is 1.60. The van der Waals surface area contributed by atoms with Crippen LogP contribution in [0.3, 0.4) is 0 Å². The molecule has 0 unspecified atom stereocenters. The van der Waals surface area contributed by atoms with E-state index in [-0.39, 0.29) is 0 Å². The molecule has 0 atom stereocenters. The van der Waals surface area contributed by atoms with Gasteiger partial charge in [0.15, 0.2) is 0 Å². The molecule has 0 spiro atoms. The zero-order valence-corrected chi connectivity index (χ0v) is 10.2. The van der Waals surface area contributed by atoms with Crippen molar-refractivity contribution in [3.05, 3.63) is 12.2 Å². The van der Waals surface area contributed by atoms with Gasteiger partial charge in [0, 0.05) is 6.42 Å². The zero-order valence-electron chi connectivity index (χ0n) is 10.2. The standard InChI is InChI=1S/C14H26O/c1-2-3-4-5-6-7-8-9-10-11-12-13-14-15/h9-10,14H,2-8,11-13H2,1H3. The van der Waals surface area contributed by atoms with E-state index < -0.39 is 0 Å². The van der Waals surface area contributed by atoms with Crippen LogP contribution in [0, 0.1) is 0 Å². The predicted molar refractivity (Wildman–Crippen MR) is 67.0 cm³/mol. The molecule has 0 aromatic carbocycles. The van der Waals surface area contributed by atoms with Crippen molar-refractivity contribution in [2.45, 2.75) is 71.1 Å². The molecule has 0 saturated heterocycles. The molecule has 0 aliphatic carbocycles. The molecule has 0 aliphatic heterocycles. The number of carbonyl (C=O) groups is 1. The molecule has 0 amide bonds. The van der Waals surface area contributed by atoms with Gasteiger partial charge in [0.1, 0.15) is 6.29 Å². The lowest BCUT2D eigenvalue weighted by molar-refractivity contribution is -0.107. The van der Waals surface area contributed by atoms with E-state index in [4.69, 9.17) is 0 Å². The van der Waals surface area contributed by atoms with E-state index in [1.165, 1.54) is 44.9 Å². The van der Waals surface area contributed by atoms with Gasteiger partial charge in [0.25, 0.3) is 0 Å². The normalized spacial score (nSPS) is 11.0. The minimum Gasteiger partial charge on any atom is -0.303 e. The summed E-state index contributed by atoms with van der Waals surface area (Å²) >= 11 is 0. The summed E-state index contributed by atoms with van der Waals surface area (Å²) in [5.41, 5.74) is 0. The molecule has 1 nitrogen and oxygen atoms in total. The van der Waals surface area contributed by atoms with Crippen molar-refractivity contribution in [2.24, 2.45) is 0 Å². The lowest BCUT2D eigenvalue weighted by atomic mass is 10.1. The molecule has 0 fully saturated rings. The Morgan fingerprint density at radius 2 is 1.33 bits per heavy atom. The second-order valence-corrected chi connectivity index (χ2v) is 4.13. The van der Waals surface area contributed by atoms with Crippen LogP contribution < -0.4 is 0 Å². The van der Waals surface area contributed by atoms with Crippen molar-refractivity contribution in [3.63, 3.8) is 0 Å². The van der Waals surface area contributed by atoms with Crippen molar-refractivity contribution < 1.29 is 4.79 Å². The minimum absolute atomic E-state index is 0.710. The zero-order chi connectivity index (χ0) is 11.2. The van der Waals surface area contributed by atoms with Crippen LogP contribution in [0.5, 0.6) is 0 Å². The highest BCUT2D eigenvalue weighted by molar-refractivity contribution is 5.48. The van der Waals surface area contributed by atoms with E-state index >= 15 is 0 Å². The van der Waals surface area contributed by atoms with E-state index in [0.717, 1.165) is 19.1 Å². The van der Waals surface area contributed by atoms with E-state index in [1.807, 2.05) is 0 Å². The van der Waals surface area contributed by atoms with Crippen LogP contribution >= 0.6 is 0 Å². The molecular weight excluding hydrogens is 184 g/mol. The molecular formula is C14H26O. The summed E-state index contributed by atoms with van der Waals surface area (Å²) < 4.78 is 0. The monoisotopic (exact) mass is 210 g/mol. The van der Waals surface area contributed by atoms with Crippen molar-refractivity contribution in [3.8, 4) is 0 Å². The summed E-state index contributed by atoms with van der Waals surface area (Å²) in [6.45, 7) is 2.25. The van der Waals surface area contributed by atoms with Gasteiger partial charge in [-0.1, -0.05) is 51.2 Å². The van der Waals surface area contributed by atoms with Crippen LogP contribution in [0.15, 0.2) is 12.2 Å². The average molecular weight is 210 g/mol. The van der Waals surface area contributed by atoms with Gasteiger partial charge in [-0.2, -0.15) is 0 Å². The predicted octanol–water partition coefficient (Wildman–Crippen LogP) is 4.66.